The average molecular weight is 404 g/mol. The molecule has 142 valence electrons. The van der Waals surface area contributed by atoms with Gasteiger partial charge in [0.2, 0.25) is 5.91 Å². The van der Waals surface area contributed by atoms with Crippen LogP contribution in [0.15, 0.2) is 48.5 Å². The molecule has 1 unspecified atom stereocenters. The molecule has 0 fully saturated rings. The Hall–Kier alpha value is -2.44. The van der Waals surface area contributed by atoms with E-state index in [1.54, 1.807) is 48.5 Å². The molecule has 0 aliphatic rings. The lowest BCUT2D eigenvalue weighted by Crippen LogP contribution is -2.36. The van der Waals surface area contributed by atoms with Gasteiger partial charge in [-0.3, -0.25) is 9.59 Å². The molecule has 0 heterocycles. The van der Waals surface area contributed by atoms with Crippen molar-refractivity contribution in [1.82, 2.24) is 10.6 Å². The van der Waals surface area contributed by atoms with Gasteiger partial charge in [0.15, 0.2) is 5.11 Å². The first-order chi connectivity index (χ1) is 12.9. The van der Waals surface area contributed by atoms with E-state index in [9.17, 15) is 9.59 Å². The molecule has 0 bridgehead atoms. The van der Waals surface area contributed by atoms with Gasteiger partial charge in [-0.1, -0.05) is 42.8 Å². The van der Waals surface area contributed by atoms with E-state index in [1.165, 1.54) is 0 Å². The first kappa shape index (κ1) is 20.9. The highest BCUT2D eigenvalue weighted by Crippen LogP contribution is 2.15. The van der Waals surface area contributed by atoms with E-state index in [0.717, 1.165) is 12.0 Å². The number of hydrogen-bond acceptors (Lipinski definition) is 3. The number of halogens is 1. The third kappa shape index (κ3) is 6.66. The number of anilines is 1. The Balaban J connectivity index is 1.98. The normalized spacial score (nSPS) is 11.4. The molecule has 3 N–H and O–H groups in total. The Morgan fingerprint density at radius 3 is 2.44 bits per heavy atom. The Morgan fingerprint density at radius 2 is 1.78 bits per heavy atom. The molecule has 27 heavy (non-hydrogen) atoms. The van der Waals surface area contributed by atoms with Gasteiger partial charge < -0.3 is 16.0 Å². The number of rotatable bonds is 6. The number of para-hydroxylation sites is 1. The second-order valence-electron chi connectivity index (χ2n) is 6.13. The number of benzene rings is 2. The van der Waals surface area contributed by atoms with Gasteiger partial charge in [-0.05, 0) is 55.4 Å². The zero-order valence-electron chi connectivity index (χ0n) is 15.2. The quantitative estimate of drug-likeness (QED) is 0.639. The van der Waals surface area contributed by atoms with Gasteiger partial charge in [0.1, 0.15) is 0 Å². The second kappa shape index (κ2) is 10.0. The van der Waals surface area contributed by atoms with Crippen molar-refractivity contribution in [3.63, 3.8) is 0 Å². The van der Waals surface area contributed by atoms with Crippen LogP contribution in [0.3, 0.4) is 0 Å². The van der Waals surface area contributed by atoms with E-state index < -0.39 is 0 Å². The third-order valence-corrected chi connectivity index (χ3v) is 4.40. The summed E-state index contributed by atoms with van der Waals surface area (Å²) < 4.78 is 0. The smallest absolute Gasteiger partial charge is 0.253 e. The van der Waals surface area contributed by atoms with Crippen molar-refractivity contribution in [3.8, 4) is 0 Å². The average Bonchev–Trinajstić information content (AvgIpc) is 2.63. The Morgan fingerprint density at radius 1 is 1.11 bits per heavy atom. The first-order valence-corrected chi connectivity index (χ1v) is 9.42. The summed E-state index contributed by atoms with van der Waals surface area (Å²) in [6.07, 6.45) is 1.01. The van der Waals surface area contributed by atoms with Crippen molar-refractivity contribution in [2.24, 2.45) is 0 Å². The maximum Gasteiger partial charge on any atom is 0.253 e. The van der Waals surface area contributed by atoms with E-state index in [-0.39, 0.29) is 29.4 Å². The van der Waals surface area contributed by atoms with Crippen molar-refractivity contribution in [1.29, 1.82) is 0 Å². The summed E-state index contributed by atoms with van der Waals surface area (Å²) in [6, 6.07) is 14.1. The molecule has 1 atom stereocenters. The molecule has 0 aliphatic heterocycles. The van der Waals surface area contributed by atoms with E-state index in [0.29, 0.717) is 16.3 Å². The molecule has 2 aromatic carbocycles. The molecule has 0 aliphatic carbocycles. The monoisotopic (exact) mass is 403 g/mol. The zero-order chi connectivity index (χ0) is 19.8. The second-order valence-corrected chi connectivity index (χ2v) is 6.98. The van der Waals surface area contributed by atoms with Crippen LogP contribution in [-0.4, -0.2) is 23.0 Å². The van der Waals surface area contributed by atoms with Crippen LogP contribution in [0, 0.1) is 0 Å². The van der Waals surface area contributed by atoms with Gasteiger partial charge in [-0.15, -0.1) is 0 Å². The number of amides is 2. The minimum Gasteiger partial charge on any atom is -0.350 e. The fraction of sp³-hybridized carbons (Fsp3) is 0.250. The van der Waals surface area contributed by atoms with Crippen LogP contribution in [0.25, 0.3) is 0 Å². The molecular formula is C20H22ClN3O2S. The van der Waals surface area contributed by atoms with Gasteiger partial charge in [0.05, 0.1) is 17.7 Å². The number of carbonyl (C=O) groups excluding carboxylic acids is 2. The summed E-state index contributed by atoms with van der Waals surface area (Å²) in [7, 11) is 0. The molecule has 5 nitrogen and oxygen atoms in total. The van der Waals surface area contributed by atoms with Crippen LogP contribution < -0.4 is 16.0 Å². The number of nitrogens with one attached hydrogen (secondary N) is 3. The molecule has 7 heteroatoms. The molecule has 2 aromatic rings. The Bertz CT molecular complexity index is 824. The lowest BCUT2D eigenvalue weighted by atomic mass is 10.1. The maximum atomic E-state index is 12.4. The fourth-order valence-electron chi connectivity index (χ4n) is 2.31. The maximum absolute atomic E-state index is 12.4. The van der Waals surface area contributed by atoms with Crippen LogP contribution in [0.2, 0.25) is 5.02 Å². The highest BCUT2D eigenvalue weighted by atomic mass is 35.5. The van der Waals surface area contributed by atoms with Gasteiger partial charge in [0, 0.05) is 11.1 Å². The highest BCUT2D eigenvalue weighted by Gasteiger charge is 2.14. The molecule has 0 saturated heterocycles. The molecule has 2 amide bonds. The highest BCUT2D eigenvalue weighted by molar-refractivity contribution is 7.80. The largest absolute Gasteiger partial charge is 0.350 e. The zero-order valence-corrected chi connectivity index (χ0v) is 16.8. The topological polar surface area (TPSA) is 70.2 Å². The van der Waals surface area contributed by atoms with Crippen molar-refractivity contribution >= 4 is 46.4 Å². The van der Waals surface area contributed by atoms with Crippen LogP contribution >= 0.6 is 23.8 Å². The van der Waals surface area contributed by atoms with Crippen LogP contribution in [-0.2, 0) is 11.2 Å². The number of thiocarbonyl (C=S) groups is 1. The molecule has 2 rings (SSSR count). The summed E-state index contributed by atoms with van der Waals surface area (Å²) in [5.41, 5.74) is 1.83. The lowest BCUT2D eigenvalue weighted by Gasteiger charge is -2.16. The van der Waals surface area contributed by atoms with E-state index in [4.69, 9.17) is 23.8 Å². The fourth-order valence-corrected chi connectivity index (χ4v) is 2.66. The van der Waals surface area contributed by atoms with Crippen molar-refractivity contribution in [2.75, 3.05) is 5.32 Å². The Labute approximate surface area is 169 Å². The summed E-state index contributed by atoms with van der Waals surface area (Å²) in [4.78, 5) is 24.6. The summed E-state index contributed by atoms with van der Waals surface area (Å²) in [5.74, 6) is -0.445. The molecule has 0 saturated carbocycles. The summed E-state index contributed by atoms with van der Waals surface area (Å²) in [5, 5.41) is 9.22. The van der Waals surface area contributed by atoms with Crippen molar-refractivity contribution in [3.05, 3.63) is 64.7 Å². The minimum absolute atomic E-state index is 0.0663. The Kier molecular flexibility index (Phi) is 7.76. The molecule has 0 spiro atoms. The number of carbonyl (C=O) groups is 2. The van der Waals surface area contributed by atoms with E-state index in [2.05, 4.69) is 16.0 Å². The van der Waals surface area contributed by atoms with Crippen LogP contribution in [0.4, 0.5) is 5.69 Å². The van der Waals surface area contributed by atoms with Gasteiger partial charge >= 0.3 is 0 Å². The molecule has 0 aromatic heterocycles. The molecule has 0 radical (unpaired) electrons. The van der Waals surface area contributed by atoms with Crippen molar-refractivity contribution in [2.45, 2.75) is 32.7 Å². The third-order valence-electron chi connectivity index (χ3n) is 3.94. The van der Waals surface area contributed by atoms with Gasteiger partial charge in [0.25, 0.3) is 5.91 Å². The van der Waals surface area contributed by atoms with E-state index >= 15 is 0 Å². The molecular weight excluding hydrogens is 382 g/mol. The predicted octanol–water partition coefficient (Wildman–Crippen LogP) is 3.92. The SMILES string of the molecule is CCC(C)NC(=O)c1ccccc1NC(=S)NC(=O)Cc1ccc(Cl)cc1. The van der Waals surface area contributed by atoms with Gasteiger partial charge in [-0.2, -0.15) is 0 Å². The summed E-state index contributed by atoms with van der Waals surface area (Å²) >= 11 is 11.1. The van der Waals surface area contributed by atoms with Crippen molar-refractivity contribution < 1.29 is 9.59 Å². The summed E-state index contributed by atoms with van der Waals surface area (Å²) in [6.45, 7) is 3.94. The van der Waals surface area contributed by atoms with Crippen LogP contribution in [0.1, 0.15) is 36.2 Å². The van der Waals surface area contributed by atoms with E-state index in [1.807, 2.05) is 13.8 Å². The standard InChI is InChI=1S/C20H22ClN3O2S/c1-3-13(2)22-19(26)16-6-4-5-7-17(16)23-20(27)24-18(25)12-14-8-10-15(21)11-9-14/h4-11,13H,3,12H2,1-2H3,(H,22,26)(H2,23,24,25,27). The first-order valence-electron chi connectivity index (χ1n) is 8.64. The predicted molar refractivity (Wildman–Crippen MR) is 113 cm³/mol. The lowest BCUT2D eigenvalue weighted by molar-refractivity contribution is -0.119. The number of hydrogen-bond donors (Lipinski definition) is 3. The van der Waals surface area contributed by atoms with Gasteiger partial charge in [-0.25, -0.2) is 0 Å². The van der Waals surface area contributed by atoms with Crippen LogP contribution in [0.5, 0.6) is 0 Å². The minimum atomic E-state index is -0.253.